The van der Waals surface area contributed by atoms with Crippen molar-refractivity contribution in [3.05, 3.63) is 68.1 Å². The number of rotatable bonds is 7. The van der Waals surface area contributed by atoms with Crippen molar-refractivity contribution < 1.29 is 19.1 Å². The van der Waals surface area contributed by atoms with E-state index in [9.17, 15) is 9.59 Å². The van der Waals surface area contributed by atoms with Crippen LogP contribution in [0, 0.1) is 35.5 Å². The van der Waals surface area contributed by atoms with E-state index >= 15 is 0 Å². The monoisotopic (exact) mass is 588 g/mol. The average molecular weight is 590 g/mol. The molecule has 1 aliphatic heterocycles. The van der Waals surface area contributed by atoms with Gasteiger partial charge in [-0.25, -0.2) is 0 Å². The number of halogens is 3. The van der Waals surface area contributed by atoms with Gasteiger partial charge in [-0.05, 0) is 82.8 Å². The number of carbonyl (C=O) groups excluding carboxylic acids is 2. The fraction of sp³-hybridized carbons (Fsp3) is 0.370. The molecule has 2 saturated carbocycles. The molecule has 4 aliphatic carbocycles. The van der Waals surface area contributed by atoms with Crippen LogP contribution in [0.2, 0.25) is 10.0 Å². The minimum Gasteiger partial charge on any atom is -0.490 e. The summed E-state index contributed by atoms with van der Waals surface area (Å²) >= 11 is 15.8. The lowest BCUT2D eigenvalue weighted by molar-refractivity contribution is -0.140. The van der Waals surface area contributed by atoms with Gasteiger partial charge in [0.2, 0.25) is 0 Å². The van der Waals surface area contributed by atoms with Gasteiger partial charge in [-0.2, -0.15) is 10.1 Å². The van der Waals surface area contributed by atoms with Crippen molar-refractivity contribution in [1.29, 1.82) is 0 Å². The van der Waals surface area contributed by atoms with Crippen LogP contribution in [0.5, 0.6) is 11.5 Å². The molecule has 9 heteroatoms. The Kier molecular flexibility index (Phi) is 6.13. The molecular weight excluding hydrogens is 567 g/mol. The molecule has 0 N–H and O–H groups in total. The molecule has 6 nitrogen and oxygen atoms in total. The number of hydrazone groups is 1. The van der Waals surface area contributed by atoms with E-state index in [-0.39, 0.29) is 42.1 Å². The number of nitrogens with zero attached hydrogens (tertiary/aromatic N) is 2. The summed E-state index contributed by atoms with van der Waals surface area (Å²) in [6.45, 7) is 2.53. The third kappa shape index (κ3) is 3.96. The van der Waals surface area contributed by atoms with E-state index < -0.39 is 0 Å². The fourth-order valence-corrected chi connectivity index (χ4v) is 7.07. The molecule has 5 aliphatic rings. The van der Waals surface area contributed by atoms with E-state index in [0.29, 0.717) is 50.0 Å². The standard InChI is InChI=1S/C27H23BrCl2N2O4/c1-2-35-22-8-13(7-20(28)25(22)36-12-14-3-4-15(29)9-21(14)30)11-31-32-26(33)23-16-5-6-17(19-10-18(16)19)24(23)27(32)34/h3-9,11,16-19,23-24H,2,10,12H2,1H3/t16-,17-,18-,19-,23-,24+/m0/s1. The Morgan fingerprint density at radius 3 is 2.39 bits per heavy atom. The predicted octanol–water partition coefficient (Wildman–Crippen LogP) is 6.12. The molecule has 2 amide bonds. The van der Waals surface area contributed by atoms with Crippen molar-refractivity contribution in [3.8, 4) is 11.5 Å². The first kappa shape index (κ1) is 24.0. The molecule has 0 radical (unpaired) electrons. The zero-order valence-electron chi connectivity index (χ0n) is 19.4. The van der Waals surface area contributed by atoms with Crippen molar-refractivity contribution in [2.24, 2.45) is 40.6 Å². The minimum atomic E-state index is -0.269. The first-order valence-electron chi connectivity index (χ1n) is 12.0. The van der Waals surface area contributed by atoms with Crippen molar-refractivity contribution >= 4 is 57.2 Å². The Morgan fingerprint density at radius 1 is 1.06 bits per heavy atom. The van der Waals surface area contributed by atoms with Gasteiger partial charge in [0.25, 0.3) is 11.8 Å². The number of amides is 2. The van der Waals surface area contributed by atoms with Gasteiger partial charge >= 0.3 is 0 Å². The van der Waals surface area contributed by atoms with Crippen molar-refractivity contribution in [2.45, 2.75) is 20.0 Å². The Bertz CT molecular complexity index is 1290. The van der Waals surface area contributed by atoms with Crippen LogP contribution in [0.15, 0.2) is 52.1 Å². The summed E-state index contributed by atoms with van der Waals surface area (Å²) in [7, 11) is 0. The number of imide groups is 1. The molecule has 0 unspecified atom stereocenters. The van der Waals surface area contributed by atoms with Crippen LogP contribution in [0.25, 0.3) is 0 Å². The van der Waals surface area contributed by atoms with Gasteiger partial charge in [0.05, 0.1) is 29.1 Å². The van der Waals surface area contributed by atoms with E-state index in [1.807, 2.05) is 19.1 Å². The number of ether oxygens (including phenoxy) is 2. The SMILES string of the molecule is CCOc1cc(C=NN2C(=O)[C@@H]3[C@H]4C=C[C@@H]([C@@H]5C[C@@H]45)[C@@H]3C2=O)cc(Br)c1OCc1ccc(Cl)cc1Cl. The highest BCUT2D eigenvalue weighted by molar-refractivity contribution is 9.10. The largest absolute Gasteiger partial charge is 0.490 e. The molecule has 6 atom stereocenters. The Hall–Kier alpha value is -2.35. The van der Waals surface area contributed by atoms with E-state index in [1.54, 1.807) is 18.2 Å². The quantitative estimate of drug-likeness (QED) is 0.222. The summed E-state index contributed by atoms with van der Waals surface area (Å²) in [5.74, 6) is 1.57. The summed E-state index contributed by atoms with van der Waals surface area (Å²) in [5, 5.41) is 6.48. The van der Waals surface area contributed by atoms with Gasteiger partial charge in [-0.15, -0.1) is 0 Å². The van der Waals surface area contributed by atoms with E-state index in [0.717, 1.165) is 17.0 Å². The highest BCUT2D eigenvalue weighted by atomic mass is 79.9. The molecule has 7 rings (SSSR count). The molecule has 0 spiro atoms. The average Bonchev–Trinajstić information content (AvgIpc) is 3.63. The molecule has 36 heavy (non-hydrogen) atoms. The second-order valence-corrected chi connectivity index (χ2v) is 11.4. The zero-order chi connectivity index (χ0) is 25.1. The molecule has 1 heterocycles. The highest BCUT2D eigenvalue weighted by Crippen LogP contribution is 2.65. The minimum absolute atomic E-state index is 0.172. The maximum Gasteiger partial charge on any atom is 0.254 e. The van der Waals surface area contributed by atoms with Gasteiger partial charge in [-0.1, -0.05) is 41.4 Å². The van der Waals surface area contributed by atoms with Gasteiger partial charge in [0.1, 0.15) is 6.61 Å². The van der Waals surface area contributed by atoms with Crippen molar-refractivity contribution in [3.63, 3.8) is 0 Å². The number of allylic oxidation sites excluding steroid dienone is 2. The summed E-state index contributed by atoms with van der Waals surface area (Å²) in [6, 6.07) is 8.82. The van der Waals surface area contributed by atoms with Crippen LogP contribution in [-0.2, 0) is 16.2 Å². The van der Waals surface area contributed by atoms with E-state index in [2.05, 4.69) is 33.2 Å². The number of carbonyl (C=O) groups is 2. The molecule has 1 saturated heterocycles. The van der Waals surface area contributed by atoms with Gasteiger partial charge in [0, 0.05) is 15.6 Å². The topological polar surface area (TPSA) is 68.2 Å². The first-order valence-corrected chi connectivity index (χ1v) is 13.6. The number of benzene rings is 2. The summed E-state index contributed by atoms with van der Waals surface area (Å²) in [6.07, 6.45) is 6.96. The van der Waals surface area contributed by atoms with Crippen molar-refractivity contribution in [1.82, 2.24) is 5.01 Å². The highest BCUT2D eigenvalue weighted by Gasteiger charge is 2.67. The maximum atomic E-state index is 13.2. The van der Waals surface area contributed by atoms with E-state index in [1.165, 1.54) is 6.21 Å². The second kappa shape index (κ2) is 9.19. The van der Waals surface area contributed by atoms with Crippen LogP contribution in [0.4, 0.5) is 0 Å². The normalized spacial score (nSPS) is 29.6. The molecule has 0 aromatic heterocycles. The number of hydrogen-bond donors (Lipinski definition) is 0. The molecule has 186 valence electrons. The van der Waals surface area contributed by atoms with Crippen LogP contribution < -0.4 is 9.47 Å². The van der Waals surface area contributed by atoms with Gasteiger partial charge in [0.15, 0.2) is 11.5 Å². The Morgan fingerprint density at radius 2 is 1.75 bits per heavy atom. The van der Waals surface area contributed by atoms with Crippen LogP contribution in [-0.4, -0.2) is 29.6 Å². The summed E-state index contributed by atoms with van der Waals surface area (Å²) in [5.41, 5.74) is 1.45. The van der Waals surface area contributed by atoms with Gasteiger partial charge < -0.3 is 9.47 Å². The zero-order valence-corrected chi connectivity index (χ0v) is 22.5. The molecule has 3 fully saturated rings. The van der Waals surface area contributed by atoms with E-state index in [4.69, 9.17) is 32.7 Å². The maximum absolute atomic E-state index is 13.2. The molecule has 2 bridgehead atoms. The molecular formula is C27H23BrCl2N2O4. The van der Waals surface area contributed by atoms with Crippen LogP contribution in [0.1, 0.15) is 24.5 Å². The Balaban J connectivity index is 1.22. The lowest BCUT2D eigenvalue weighted by Gasteiger charge is -2.37. The van der Waals surface area contributed by atoms with Crippen LogP contribution >= 0.6 is 39.1 Å². The fourth-order valence-electron chi connectivity index (χ4n) is 6.03. The number of hydrogen-bond acceptors (Lipinski definition) is 5. The summed E-state index contributed by atoms with van der Waals surface area (Å²) in [4.78, 5) is 26.3. The van der Waals surface area contributed by atoms with Crippen LogP contribution in [0.3, 0.4) is 0 Å². The predicted molar refractivity (Wildman–Crippen MR) is 140 cm³/mol. The smallest absolute Gasteiger partial charge is 0.254 e. The third-order valence-corrected chi connectivity index (χ3v) is 8.86. The lowest BCUT2D eigenvalue weighted by atomic mass is 9.63. The molecule has 2 aromatic carbocycles. The lowest BCUT2D eigenvalue weighted by Crippen LogP contribution is -2.40. The third-order valence-electron chi connectivity index (χ3n) is 7.68. The Labute approximate surface area is 227 Å². The first-order chi connectivity index (χ1) is 17.4. The molecule has 2 aromatic rings. The summed E-state index contributed by atoms with van der Waals surface area (Å²) < 4.78 is 12.5. The second-order valence-electron chi connectivity index (χ2n) is 9.67. The van der Waals surface area contributed by atoms with Gasteiger partial charge in [-0.3, -0.25) is 9.59 Å². The van der Waals surface area contributed by atoms with Crippen molar-refractivity contribution in [2.75, 3.05) is 6.61 Å².